The Balaban J connectivity index is 2.55. The molecule has 0 amide bonds. The van der Waals surface area contributed by atoms with E-state index in [1.165, 1.54) is 17.7 Å². The second-order valence-corrected chi connectivity index (χ2v) is 12.7. The van der Waals surface area contributed by atoms with Crippen molar-refractivity contribution in [1.82, 2.24) is 0 Å². The molecular weight excluding hydrogens is 396 g/mol. The first-order valence-electron chi connectivity index (χ1n) is 10.5. The van der Waals surface area contributed by atoms with E-state index in [-0.39, 0.29) is 18.8 Å². The van der Waals surface area contributed by atoms with E-state index in [9.17, 15) is 9.59 Å². The summed E-state index contributed by atoms with van der Waals surface area (Å²) < 4.78 is 16.2. The minimum Gasteiger partial charge on any atom is -0.458 e. The molecule has 0 aliphatic carbocycles. The van der Waals surface area contributed by atoms with E-state index in [0.717, 1.165) is 12.5 Å². The van der Waals surface area contributed by atoms with Crippen molar-refractivity contribution < 1.29 is 23.8 Å². The molecule has 0 spiro atoms. The van der Waals surface area contributed by atoms with Gasteiger partial charge in [0.2, 0.25) is 0 Å². The fourth-order valence-corrected chi connectivity index (χ4v) is 7.10. The van der Waals surface area contributed by atoms with Crippen LogP contribution in [0.3, 0.4) is 0 Å². The largest absolute Gasteiger partial charge is 0.458 e. The molecule has 0 fully saturated rings. The molecule has 5 nitrogen and oxygen atoms in total. The number of ether oxygens (including phenoxy) is 3. The molecule has 1 rings (SSSR count). The van der Waals surface area contributed by atoms with E-state index < -0.39 is 26.1 Å². The average Bonchev–Trinajstić information content (AvgIpc) is 2.71. The van der Waals surface area contributed by atoms with Gasteiger partial charge in [-0.3, -0.25) is 0 Å². The quantitative estimate of drug-likeness (QED) is 0.189. The molecule has 0 heterocycles. The third kappa shape index (κ3) is 9.09. The summed E-state index contributed by atoms with van der Waals surface area (Å²) in [6, 6.07) is 13.1. The second kappa shape index (κ2) is 13.2. The van der Waals surface area contributed by atoms with Crippen molar-refractivity contribution in [2.45, 2.75) is 58.4 Å². The number of rotatable bonds is 14. The Hall–Kier alpha value is -2.18. The summed E-state index contributed by atoms with van der Waals surface area (Å²) in [6.07, 6.45) is 1.43. The number of benzene rings is 1. The van der Waals surface area contributed by atoms with Crippen LogP contribution in [0, 0.1) is 0 Å². The molecule has 0 aliphatic heterocycles. The lowest BCUT2D eigenvalue weighted by atomic mass is 10.3. The Morgan fingerprint density at radius 3 is 2.20 bits per heavy atom. The molecule has 0 radical (unpaired) electrons. The first-order chi connectivity index (χ1) is 14.2. The van der Waals surface area contributed by atoms with E-state index in [1.807, 2.05) is 0 Å². The number of carbonyl (C=O) groups is 2. The minimum absolute atomic E-state index is 0.0724. The van der Waals surface area contributed by atoms with Crippen molar-refractivity contribution in [3.63, 3.8) is 0 Å². The van der Waals surface area contributed by atoms with Crippen molar-refractivity contribution in [3.8, 4) is 0 Å². The lowest BCUT2D eigenvalue weighted by Crippen LogP contribution is -2.44. The van der Waals surface area contributed by atoms with Gasteiger partial charge in [-0.2, -0.15) is 0 Å². The Bertz CT molecular complexity index is 716. The molecule has 0 N–H and O–H groups in total. The number of hydrogen-bond donors (Lipinski definition) is 0. The van der Waals surface area contributed by atoms with Crippen LogP contribution in [0.25, 0.3) is 0 Å². The minimum atomic E-state index is -1.54. The third-order valence-corrected chi connectivity index (χ3v) is 9.75. The maximum atomic E-state index is 11.9. The summed E-state index contributed by atoms with van der Waals surface area (Å²) in [5.41, 5.74) is 0.581. The van der Waals surface area contributed by atoms with Gasteiger partial charge in [0.1, 0.15) is 6.61 Å². The number of hydrogen-bond acceptors (Lipinski definition) is 5. The molecule has 1 aromatic carbocycles. The molecule has 2 atom stereocenters. The maximum absolute atomic E-state index is 11.9. The van der Waals surface area contributed by atoms with Gasteiger partial charge in [0.05, 0.1) is 14.7 Å². The van der Waals surface area contributed by atoms with Crippen molar-refractivity contribution in [2.75, 3.05) is 19.8 Å². The van der Waals surface area contributed by atoms with Crippen LogP contribution in [0.5, 0.6) is 0 Å². The average molecular weight is 433 g/mol. The van der Waals surface area contributed by atoms with Gasteiger partial charge >= 0.3 is 11.9 Å². The van der Waals surface area contributed by atoms with Crippen LogP contribution < -0.4 is 5.19 Å². The first kappa shape index (κ1) is 25.9. The summed E-state index contributed by atoms with van der Waals surface area (Å²) in [7, 11) is -1.54. The van der Waals surface area contributed by atoms with Crippen LogP contribution >= 0.6 is 0 Å². The van der Waals surface area contributed by atoms with Crippen LogP contribution in [0.15, 0.2) is 54.6 Å². The van der Waals surface area contributed by atoms with Gasteiger partial charge in [0.25, 0.3) is 0 Å². The highest BCUT2D eigenvalue weighted by molar-refractivity contribution is 6.90. The first-order valence-corrected chi connectivity index (χ1v) is 13.4. The van der Waals surface area contributed by atoms with E-state index in [4.69, 9.17) is 14.2 Å². The van der Waals surface area contributed by atoms with Crippen LogP contribution in [-0.4, -0.2) is 45.9 Å². The topological polar surface area (TPSA) is 61.8 Å². The summed E-state index contributed by atoms with van der Waals surface area (Å²) in [5.74, 6) is -1.04. The predicted molar refractivity (Wildman–Crippen MR) is 124 cm³/mol. The highest BCUT2D eigenvalue weighted by atomic mass is 28.3. The number of esters is 2. The van der Waals surface area contributed by atoms with E-state index in [1.54, 1.807) is 13.8 Å². The zero-order chi connectivity index (χ0) is 22.6. The Morgan fingerprint density at radius 1 is 1.00 bits per heavy atom. The summed E-state index contributed by atoms with van der Waals surface area (Å²) in [6.45, 7) is 15.6. The van der Waals surface area contributed by atoms with E-state index in [0.29, 0.717) is 12.2 Å². The molecule has 6 heteroatoms. The van der Waals surface area contributed by atoms with E-state index in [2.05, 4.69) is 57.0 Å². The normalized spacial score (nSPS) is 13.7. The lowest BCUT2D eigenvalue weighted by molar-refractivity contribution is -0.157. The van der Waals surface area contributed by atoms with Crippen LogP contribution in [0.2, 0.25) is 18.6 Å². The van der Waals surface area contributed by atoms with Gasteiger partial charge < -0.3 is 14.2 Å². The molecule has 2 unspecified atom stereocenters. The van der Waals surface area contributed by atoms with Gasteiger partial charge in [0.15, 0.2) is 6.10 Å². The summed E-state index contributed by atoms with van der Waals surface area (Å²) in [4.78, 5) is 23.5. The van der Waals surface area contributed by atoms with Gasteiger partial charge in [-0.15, -0.1) is 0 Å². The molecule has 0 saturated carbocycles. The van der Waals surface area contributed by atoms with E-state index >= 15 is 0 Å². The fraction of sp³-hybridized carbons (Fsp3) is 0.500. The highest BCUT2D eigenvalue weighted by Crippen LogP contribution is 2.20. The van der Waals surface area contributed by atoms with Crippen LogP contribution in [0.4, 0.5) is 0 Å². The van der Waals surface area contributed by atoms with Crippen molar-refractivity contribution in [1.29, 1.82) is 0 Å². The summed E-state index contributed by atoms with van der Waals surface area (Å²) >= 11 is 0. The van der Waals surface area contributed by atoms with Crippen LogP contribution in [-0.2, 0) is 23.8 Å². The molecule has 30 heavy (non-hydrogen) atoms. The monoisotopic (exact) mass is 432 g/mol. The highest BCUT2D eigenvalue weighted by Gasteiger charge is 2.27. The predicted octanol–water partition coefficient (Wildman–Crippen LogP) is 4.40. The fourth-order valence-electron chi connectivity index (χ4n) is 3.25. The van der Waals surface area contributed by atoms with Crippen molar-refractivity contribution in [3.05, 3.63) is 54.6 Å². The smallest absolute Gasteiger partial charge is 0.333 e. The second-order valence-electron chi connectivity index (χ2n) is 8.04. The number of carbonyl (C=O) groups excluding carboxylic acids is 2. The molecule has 0 bridgehead atoms. The molecule has 0 saturated heterocycles. The maximum Gasteiger partial charge on any atom is 0.333 e. The molecule has 0 aliphatic rings. The zero-order valence-electron chi connectivity index (χ0n) is 18.9. The van der Waals surface area contributed by atoms with Gasteiger partial charge in [0, 0.05) is 17.8 Å². The van der Waals surface area contributed by atoms with Gasteiger partial charge in [-0.1, -0.05) is 80.7 Å². The SMILES string of the molecule is C=C(C)C(=O)OCC(COCCC[Si](C)(CCC)c1ccccc1)OC(=O)C(=C)C. The Morgan fingerprint density at radius 2 is 1.63 bits per heavy atom. The van der Waals surface area contributed by atoms with Crippen LogP contribution in [0.1, 0.15) is 33.6 Å². The van der Waals surface area contributed by atoms with Gasteiger partial charge in [-0.25, -0.2) is 9.59 Å². The molecular formula is C24H36O5Si. The summed E-state index contributed by atoms with van der Waals surface area (Å²) in [5, 5.41) is 1.48. The zero-order valence-corrected chi connectivity index (χ0v) is 19.9. The molecule has 0 aromatic heterocycles. The molecule has 1 aromatic rings. The van der Waals surface area contributed by atoms with Gasteiger partial charge in [-0.05, 0) is 20.3 Å². The standard InChI is InChI=1S/C24H36O5Si/c1-7-15-30(6,22-12-9-8-10-13-22)16-11-14-27-17-21(29-24(26)20(4)5)18-28-23(25)19(2)3/h8-10,12-13,21H,2,4,7,11,14-18H2,1,3,5-6H3. The van der Waals surface area contributed by atoms with Crippen molar-refractivity contribution >= 4 is 25.2 Å². The lowest BCUT2D eigenvalue weighted by Gasteiger charge is -2.28. The van der Waals surface area contributed by atoms with Crippen molar-refractivity contribution in [2.24, 2.45) is 0 Å². The Kier molecular flexibility index (Phi) is 11.4. The Labute approximate surface area is 182 Å². The third-order valence-electron chi connectivity index (χ3n) is 4.96. The molecule has 166 valence electrons.